The molecule has 0 radical (unpaired) electrons. The van der Waals surface area contributed by atoms with Crippen molar-refractivity contribution in [3.05, 3.63) is 53.6 Å². The number of methoxy groups -OCH3 is 1. The molecule has 0 saturated carbocycles. The summed E-state index contributed by atoms with van der Waals surface area (Å²) >= 11 is 0. The van der Waals surface area contributed by atoms with Crippen LogP contribution in [0.3, 0.4) is 0 Å². The minimum Gasteiger partial charge on any atom is -0.497 e. The van der Waals surface area contributed by atoms with Crippen LogP contribution in [0, 0.1) is 13.8 Å². The number of carbonyl (C=O) groups excluding carboxylic acids is 1. The molecule has 0 bridgehead atoms. The Balaban J connectivity index is 1.89. The van der Waals surface area contributed by atoms with Gasteiger partial charge >= 0.3 is 0 Å². The average molecular weight is 362 g/mol. The molecule has 0 atom stereocenters. The molecule has 7 heteroatoms. The minimum absolute atomic E-state index is 0.0190. The molecule has 0 heterocycles. The lowest BCUT2D eigenvalue weighted by Crippen LogP contribution is -2.28. The molecule has 2 aromatic carbocycles. The third-order valence-electron chi connectivity index (χ3n) is 3.67. The number of rotatable bonds is 7. The molecule has 0 aliphatic heterocycles. The van der Waals surface area contributed by atoms with Crippen LogP contribution in [0.2, 0.25) is 0 Å². The molecule has 0 unspecified atom stereocenters. The summed E-state index contributed by atoms with van der Waals surface area (Å²) in [6.45, 7) is 3.91. The van der Waals surface area contributed by atoms with Crippen LogP contribution in [0.1, 0.15) is 17.5 Å². The number of anilines is 1. The number of carbonyl (C=O) groups is 1. The molecule has 2 N–H and O–H groups in total. The molecule has 0 fully saturated rings. The molecule has 0 aliphatic rings. The van der Waals surface area contributed by atoms with Gasteiger partial charge in [-0.05, 0) is 49.7 Å². The van der Waals surface area contributed by atoms with Crippen LogP contribution in [0.4, 0.5) is 5.69 Å². The monoisotopic (exact) mass is 362 g/mol. The normalized spacial score (nSPS) is 11.2. The number of nitrogens with one attached hydrogen (secondary N) is 2. The van der Waals surface area contributed by atoms with Gasteiger partial charge in [-0.3, -0.25) is 4.79 Å². The zero-order chi connectivity index (χ0) is 18.4. The Labute approximate surface area is 148 Å². The van der Waals surface area contributed by atoms with Crippen molar-refractivity contribution in [1.29, 1.82) is 0 Å². The fraction of sp³-hybridized carbons (Fsp3) is 0.278. The van der Waals surface area contributed by atoms with Crippen LogP contribution in [0.5, 0.6) is 5.75 Å². The summed E-state index contributed by atoms with van der Waals surface area (Å²) < 4.78 is 31.8. The van der Waals surface area contributed by atoms with Crippen LogP contribution in [0.15, 0.2) is 47.4 Å². The molecule has 1 amide bonds. The summed E-state index contributed by atoms with van der Waals surface area (Å²) in [5.41, 5.74) is 2.81. The van der Waals surface area contributed by atoms with E-state index >= 15 is 0 Å². The molecule has 25 heavy (non-hydrogen) atoms. The van der Waals surface area contributed by atoms with Gasteiger partial charge in [-0.2, -0.15) is 0 Å². The maximum Gasteiger partial charge on any atom is 0.240 e. The van der Waals surface area contributed by atoms with Gasteiger partial charge in [0.05, 0.1) is 12.0 Å². The molecule has 134 valence electrons. The number of ether oxygens (including phenoxy) is 1. The molecular formula is C18H22N2O4S. The largest absolute Gasteiger partial charge is 0.497 e. The van der Waals surface area contributed by atoms with Crippen LogP contribution >= 0.6 is 0 Å². The summed E-state index contributed by atoms with van der Waals surface area (Å²) in [5.74, 6) is 0.330. The van der Waals surface area contributed by atoms with Gasteiger partial charge in [0.2, 0.25) is 15.9 Å². The molecule has 2 rings (SSSR count). The predicted octanol–water partition coefficient (Wildman–Crippen LogP) is 2.62. The Morgan fingerprint density at radius 1 is 1.08 bits per heavy atom. The smallest absolute Gasteiger partial charge is 0.240 e. The van der Waals surface area contributed by atoms with Crippen LogP contribution in [-0.2, 0) is 14.8 Å². The van der Waals surface area contributed by atoms with E-state index in [1.54, 1.807) is 12.1 Å². The Kier molecular flexibility index (Phi) is 6.17. The summed E-state index contributed by atoms with van der Waals surface area (Å²) in [5, 5.41) is 2.79. The second-order valence-electron chi connectivity index (χ2n) is 5.69. The van der Waals surface area contributed by atoms with Crippen molar-refractivity contribution in [3.8, 4) is 5.75 Å². The highest BCUT2D eigenvalue weighted by molar-refractivity contribution is 7.89. The van der Waals surface area contributed by atoms with Crippen molar-refractivity contribution in [2.75, 3.05) is 19.0 Å². The van der Waals surface area contributed by atoms with E-state index in [1.807, 2.05) is 32.0 Å². The Morgan fingerprint density at radius 3 is 2.36 bits per heavy atom. The highest BCUT2D eigenvalue weighted by Gasteiger charge is 2.14. The number of hydrogen-bond acceptors (Lipinski definition) is 4. The number of aryl methyl sites for hydroxylation is 2. The lowest BCUT2D eigenvalue weighted by molar-refractivity contribution is -0.116. The van der Waals surface area contributed by atoms with Gasteiger partial charge in [0.15, 0.2) is 0 Å². The Bertz CT molecular complexity index is 846. The van der Waals surface area contributed by atoms with Crippen molar-refractivity contribution < 1.29 is 17.9 Å². The van der Waals surface area contributed by atoms with Gasteiger partial charge in [-0.15, -0.1) is 0 Å². The van der Waals surface area contributed by atoms with Gasteiger partial charge in [0, 0.05) is 18.7 Å². The lowest BCUT2D eigenvalue weighted by atomic mass is 10.1. The average Bonchev–Trinajstić information content (AvgIpc) is 2.57. The van der Waals surface area contributed by atoms with E-state index in [4.69, 9.17) is 4.74 Å². The molecule has 0 saturated heterocycles. The number of benzene rings is 2. The molecule has 2 aromatic rings. The highest BCUT2D eigenvalue weighted by Crippen LogP contribution is 2.17. The number of sulfonamides is 1. The summed E-state index contributed by atoms with van der Waals surface area (Å²) in [6.07, 6.45) is 0.0443. The van der Waals surface area contributed by atoms with E-state index in [9.17, 15) is 13.2 Å². The van der Waals surface area contributed by atoms with Gasteiger partial charge in [0.25, 0.3) is 0 Å². The van der Waals surface area contributed by atoms with Gasteiger partial charge in [-0.1, -0.05) is 17.7 Å². The first-order chi connectivity index (χ1) is 11.8. The predicted molar refractivity (Wildman–Crippen MR) is 97.3 cm³/mol. The zero-order valence-corrected chi connectivity index (χ0v) is 15.3. The molecule has 0 spiro atoms. The topological polar surface area (TPSA) is 84.5 Å². The number of hydrogen-bond donors (Lipinski definition) is 2. The van der Waals surface area contributed by atoms with E-state index < -0.39 is 10.0 Å². The first-order valence-electron chi connectivity index (χ1n) is 7.82. The van der Waals surface area contributed by atoms with Crippen LogP contribution in [-0.4, -0.2) is 28.0 Å². The van der Waals surface area contributed by atoms with E-state index in [0.717, 1.165) is 16.8 Å². The first-order valence-corrected chi connectivity index (χ1v) is 9.31. The second kappa shape index (κ2) is 8.13. The maximum absolute atomic E-state index is 12.2. The molecular weight excluding hydrogens is 340 g/mol. The van der Waals surface area contributed by atoms with E-state index in [2.05, 4.69) is 10.0 Å². The SMILES string of the molecule is COc1ccc(S(=O)(=O)NCCC(=O)Nc2ccc(C)cc2C)cc1. The van der Waals surface area contributed by atoms with Gasteiger partial charge in [-0.25, -0.2) is 13.1 Å². The minimum atomic E-state index is -3.65. The van der Waals surface area contributed by atoms with E-state index in [-0.39, 0.29) is 23.8 Å². The van der Waals surface area contributed by atoms with Gasteiger partial charge < -0.3 is 10.1 Å². The third-order valence-corrected chi connectivity index (χ3v) is 5.15. The lowest BCUT2D eigenvalue weighted by Gasteiger charge is -2.10. The van der Waals surface area contributed by atoms with E-state index in [1.165, 1.54) is 19.2 Å². The standard InChI is InChI=1S/C18H22N2O4S/c1-13-4-9-17(14(2)12-13)20-18(21)10-11-19-25(22,23)16-7-5-15(24-3)6-8-16/h4-9,12,19H,10-11H2,1-3H3,(H,20,21). The quantitative estimate of drug-likeness (QED) is 0.793. The Hall–Kier alpha value is -2.38. The highest BCUT2D eigenvalue weighted by atomic mass is 32.2. The fourth-order valence-electron chi connectivity index (χ4n) is 2.30. The van der Waals surface area contributed by atoms with Crippen molar-refractivity contribution in [3.63, 3.8) is 0 Å². The zero-order valence-electron chi connectivity index (χ0n) is 14.5. The van der Waals surface area contributed by atoms with Crippen molar-refractivity contribution in [2.24, 2.45) is 0 Å². The fourth-order valence-corrected chi connectivity index (χ4v) is 3.34. The number of amides is 1. The van der Waals surface area contributed by atoms with Gasteiger partial charge in [0.1, 0.15) is 5.75 Å². The third kappa shape index (κ3) is 5.30. The summed E-state index contributed by atoms with van der Waals surface area (Å²) in [7, 11) is -2.14. The molecule has 0 aliphatic carbocycles. The Morgan fingerprint density at radius 2 is 1.76 bits per heavy atom. The van der Waals surface area contributed by atoms with E-state index in [0.29, 0.717) is 5.75 Å². The maximum atomic E-state index is 12.2. The van der Waals surface area contributed by atoms with Crippen molar-refractivity contribution in [1.82, 2.24) is 4.72 Å². The first kappa shape index (κ1) is 19.0. The van der Waals surface area contributed by atoms with Crippen LogP contribution < -0.4 is 14.8 Å². The molecule has 6 nitrogen and oxygen atoms in total. The summed E-state index contributed by atoms with van der Waals surface area (Å²) in [6, 6.07) is 11.8. The van der Waals surface area contributed by atoms with Crippen molar-refractivity contribution >= 4 is 21.6 Å². The van der Waals surface area contributed by atoms with Crippen molar-refractivity contribution in [2.45, 2.75) is 25.2 Å². The summed E-state index contributed by atoms with van der Waals surface area (Å²) in [4.78, 5) is 12.1. The second-order valence-corrected chi connectivity index (χ2v) is 7.46. The molecule has 0 aromatic heterocycles. The van der Waals surface area contributed by atoms with Crippen LogP contribution in [0.25, 0.3) is 0 Å².